The molecule has 10 heteroatoms. The maximum Gasteiger partial charge on any atom is 0.269 e. The van der Waals surface area contributed by atoms with E-state index in [2.05, 4.69) is 4.99 Å². The topological polar surface area (TPSA) is 94.3 Å². The SMILES string of the molecule is CCN1C(=O)/C(=C\c2ccc(OCc3cccc([N+](=O)[O-])c3)c(OC)c2)SC1=Nc1ccc(F)cc1. The van der Waals surface area contributed by atoms with Gasteiger partial charge < -0.3 is 9.47 Å². The monoisotopic (exact) mass is 507 g/mol. The zero-order valence-corrected chi connectivity index (χ0v) is 20.3. The van der Waals surface area contributed by atoms with Gasteiger partial charge in [-0.1, -0.05) is 18.2 Å². The molecule has 36 heavy (non-hydrogen) atoms. The Kier molecular flexibility index (Phi) is 7.65. The van der Waals surface area contributed by atoms with Gasteiger partial charge in [0.15, 0.2) is 16.7 Å². The molecule has 184 valence electrons. The third kappa shape index (κ3) is 5.72. The number of aliphatic imine (C=N–C) groups is 1. The minimum atomic E-state index is -0.454. The molecule has 1 aliphatic heterocycles. The fraction of sp³-hybridized carbons (Fsp3) is 0.154. The summed E-state index contributed by atoms with van der Waals surface area (Å²) < 4.78 is 24.5. The Balaban J connectivity index is 1.53. The van der Waals surface area contributed by atoms with Crippen LogP contribution in [0, 0.1) is 15.9 Å². The first-order valence-corrected chi connectivity index (χ1v) is 11.8. The van der Waals surface area contributed by atoms with Crippen molar-refractivity contribution in [1.82, 2.24) is 4.90 Å². The molecule has 0 aromatic heterocycles. The highest BCUT2D eigenvalue weighted by Crippen LogP contribution is 2.36. The zero-order chi connectivity index (χ0) is 25.7. The number of hydrogen-bond acceptors (Lipinski definition) is 7. The highest BCUT2D eigenvalue weighted by molar-refractivity contribution is 8.18. The van der Waals surface area contributed by atoms with Crippen LogP contribution in [0.3, 0.4) is 0 Å². The second kappa shape index (κ2) is 11.0. The zero-order valence-electron chi connectivity index (χ0n) is 19.5. The van der Waals surface area contributed by atoms with E-state index < -0.39 is 4.92 Å². The third-order valence-electron chi connectivity index (χ3n) is 5.26. The van der Waals surface area contributed by atoms with Gasteiger partial charge in [-0.05, 0) is 72.3 Å². The molecule has 8 nitrogen and oxygen atoms in total. The average molecular weight is 508 g/mol. The predicted molar refractivity (Wildman–Crippen MR) is 137 cm³/mol. The summed E-state index contributed by atoms with van der Waals surface area (Å²) in [7, 11) is 1.51. The number of thioether (sulfide) groups is 1. The number of nitro groups is 1. The Labute approximate surface area is 211 Å². The first kappa shape index (κ1) is 24.9. The van der Waals surface area contributed by atoms with E-state index in [0.717, 1.165) is 5.56 Å². The summed E-state index contributed by atoms with van der Waals surface area (Å²) in [4.78, 5) is 30.0. The van der Waals surface area contributed by atoms with E-state index in [1.165, 1.54) is 43.1 Å². The second-order valence-electron chi connectivity index (χ2n) is 7.66. The van der Waals surface area contributed by atoms with E-state index in [9.17, 15) is 19.3 Å². The number of benzene rings is 3. The number of non-ortho nitro benzene ring substituents is 1. The summed E-state index contributed by atoms with van der Waals surface area (Å²) in [6.07, 6.45) is 1.75. The molecule has 3 aromatic rings. The highest BCUT2D eigenvalue weighted by Gasteiger charge is 2.32. The summed E-state index contributed by atoms with van der Waals surface area (Å²) in [5.41, 5.74) is 1.92. The number of likely N-dealkylation sites (N-methyl/N-ethyl adjacent to an activating group) is 1. The molecule has 0 radical (unpaired) electrons. The van der Waals surface area contributed by atoms with E-state index in [1.54, 1.807) is 53.4 Å². The smallest absolute Gasteiger partial charge is 0.269 e. The third-order valence-corrected chi connectivity index (χ3v) is 6.26. The normalized spacial score (nSPS) is 15.5. The molecule has 0 aliphatic carbocycles. The molecular formula is C26H22FN3O5S. The van der Waals surface area contributed by atoms with Gasteiger partial charge in [0.25, 0.3) is 11.6 Å². The highest BCUT2D eigenvalue weighted by atomic mass is 32.2. The first-order chi connectivity index (χ1) is 17.4. The van der Waals surface area contributed by atoms with Gasteiger partial charge in [-0.2, -0.15) is 0 Å². The molecule has 0 unspecified atom stereocenters. The summed E-state index contributed by atoms with van der Waals surface area (Å²) in [5, 5.41) is 11.5. The summed E-state index contributed by atoms with van der Waals surface area (Å²) >= 11 is 1.24. The van der Waals surface area contributed by atoms with Crippen LogP contribution in [-0.4, -0.2) is 34.6 Å². The molecule has 1 amide bonds. The number of carbonyl (C=O) groups is 1. The summed E-state index contributed by atoms with van der Waals surface area (Å²) in [6.45, 7) is 2.43. The molecule has 0 saturated carbocycles. The Bertz CT molecular complexity index is 1360. The molecule has 0 spiro atoms. The number of rotatable bonds is 8. The van der Waals surface area contributed by atoms with E-state index in [-0.39, 0.29) is 24.0 Å². The van der Waals surface area contributed by atoms with Crippen LogP contribution in [-0.2, 0) is 11.4 Å². The number of ether oxygens (including phenoxy) is 2. The molecule has 1 saturated heterocycles. The first-order valence-electron chi connectivity index (χ1n) is 11.0. The summed E-state index contributed by atoms with van der Waals surface area (Å²) in [5.74, 6) is 0.393. The standard InChI is InChI=1S/C26H22FN3O5S/c1-3-29-25(31)24(36-26(29)28-20-10-8-19(27)9-11-20)15-17-7-12-22(23(14-17)34-2)35-16-18-5-4-6-21(13-18)30(32)33/h4-15H,3,16H2,1-2H3/b24-15+,28-26?. The Morgan fingerprint density at radius 2 is 1.89 bits per heavy atom. The van der Waals surface area contributed by atoms with Gasteiger partial charge in [0.05, 0.1) is 22.6 Å². The number of amidine groups is 1. The van der Waals surface area contributed by atoms with Crippen LogP contribution in [0.25, 0.3) is 6.08 Å². The molecule has 0 bridgehead atoms. The van der Waals surface area contributed by atoms with Crippen molar-refractivity contribution in [3.8, 4) is 11.5 Å². The Morgan fingerprint density at radius 3 is 2.58 bits per heavy atom. The van der Waals surface area contributed by atoms with Gasteiger partial charge in [-0.3, -0.25) is 19.8 Å². The molecule has 1 aliphatic rings. The van der Waals surface area contributed by atoms with Crippen LogP contribution < -0.4 is 9.47 Å². The van der Waals surface area contributed by atoms with E-state index in [1.807, 2.05) is 6.92 Å². The van der Waals surface area contributed by atoms with Gasteiger partial charge in [-0.25, -0.2) is 9.38 Å². The van der Waals surface area contributed by atoms with E-state index >= 15 is 0 Å². The summed E-state index contributed by atoms with van der Waals surface area (Å²) in [6, 6.07) is 17.2. The van der Waals surface area contributed by atoms with Crippen molar-refractivity contribution in [3.05, 3.63) is 98.7 Å². The maximum atomic E-state index is 13.2. The van der Waals surface area contributed by atoms with Crippen molar-refractivity contribution < 1.29 is 23.6 Å². The Hall–Kier alpha value is -4.18. The predicted octanol–water partition coefficient (Wildman–Crippen LogP) is 5.95. The van der Waals surface area contributed by atoms with Crippen molar-refractivity contribution in [2.45, 2.75) is 13.5 Å². The van der Waals surface area contributed by atoms with Crippen molar-refractivity contribution >= 4 is 40.3 Å². The molecule has 3 aromatic carbocycles. The van der Waals surface area contributed by atoms with E-state index in [0.29, 0.717) is 39.4 Å². The van der Waals surface area contributed by atoms with Crippen LogP contribution in [0.5, 0.6) is 11.5 Å². The lowest BCUT2D eigenvalue weighted by atomic mass is 10.1. The largest absolute Gasteiger partial charge is 0.493 e. The lowest BCUT2D eigenvalue weighted by Gasteiger charge is -2.12. The number of nitro benzene ring substituents is 1. The van der Waals surface area contributed by atoms with Crippen LogP contribution in [0.4, 0.5) is 15.8 Å². The van der Waals surface area contributed by atoms with Gasteiger partial charge in [0.2, 0.25) is 0 Å². The molecule has 1 fully saturated rings. The molecule has 0 atom stereocenters. The van der Waals surface area contributed by atoms with Crippen molar-refractivity contribution in [2.75, 3.05) is 13.7 Å². The average Bonchev–Trinajstić information content (AvgIpc) is 3.17. The number of halogens is 1. The minimum absolute atomic E-state index is 0.00720. The van der Waals surface area contributed by atoms with Gasteiger partial charge >= 0.3 is 0 Å². The van der Waals surface area contributed by atoms with Gasteiger partial charge in [0.1, 0.15) is 12.4 Å². The molecule has 1 heterocycles. The minimum Gasteiger partial charge on any atom is -0.493 e. The van der Waals surface area contributed by atoms with Crippen LogP contribution in [0.2, 0.25) is 0 Å². The lowest BCUT2D eigenvalue weighted by molar-refractivity contribution is -0.384. The quantitative estimate of drug-likeness (QED) is 0.213. The van der Waals surface area contributed by atoms with Crippen molar-refractivity contribution in [1.29, 1.82) is 0 Å². The van der Waals surface area contributed by atoms with Crippen LogP contribution in [0.1, 0.15) is 18.1 Å². The maximum absolute atomic E-state index is 13.2. The van der Waals surface area contributed by atoms with Gasteiger partial charge in [0, 0.05) is 18.7 Å². The van der Waals surface area contributed by atoms with Crippen LogP contribution >= 0.6 is 11.8 Å². The Morgan fingerprint density at radius 1 is 1.11 bits per heavy atom. The van der Waals surface area contributed by atoms with Crippen molar-refractivity contribution in [2.24, 2.45) is 4.99 Å². The second-order valence-corrected chi connectivity index (χ2v) is 8.67. The number of hydrogen-bond donors (Lipinski definition) is 0. The number of methoxy groups -OCH3 is 1. The van der Waals surface area contributed by atoms with Gasteiger partial charge in [-0.15, -0.1) is 0 Å². The van der Waals surface area contributed by atoms with E-state index in [4.69, 9.17) is 9.47 Å². The fourth-order valence-electron chi connectivity index (χ4n) is 3.46. The molecule has 0 N–H and O–H groups in total. The molecular weight excluding hydrogens is 485 g/mol. The van der Waals surface area contributed by atoms with Crippen molar-refractivity contribution in [3.63, 3.8) is 0 Å². The number of carbonyl (C=O) groups excluding carboxylic acids is 1. The lowest BCUT2D eigenvalue weighted by Crippen LogP contribution is -2.28. The fourth-order valence-corrected chi connectivity index (χ4v) is 4.52. The number of nitrogens with zero attached hydrogens (tertiary/aromatic N) is 3. The number of amides is 1. The van der Waals surface area contributed by atoms with Crippen LogP contribution in [0.15, 0.2) is 76.6 Å². The molecule has 4 rings (SSSR count).